The van der Waals surface area contributed by atoms with Crippen LogP contribution in [-0.4, -0.2) is 25.2 Å². The molecule has 1 N–H and O–H groups in total. The lowest BCUT2D eigenvalue weighted by Crippen LogP contribution is -2.30. The Labute approximate surface area is 68.1 Å². The van der Waals surface area contributed by atoms with Crippen molar-refractivity contribution in [2.45, 2.75) is 32.8 Å². The predicted octanol–water partition coefficient (Wildman–Crippen LogP) is 0.938. The van der Waals surface area contributed by atoms with Crippen molar-refractivity contribution in [3.05, 3.63) is 0 Å². The summed E-state index contributed by atoms with van der Waals surface area (Å²) < 4.78 is 5.17. The first kappa shape index (κ1) is 10.4. The number of amides is 1. The maximum absolute atomic E-state index is 10.5. The predicted molar refractivity (Wildman–Crippen MR) is 44.4 cm³/mol. The number of carbonyl (C=O) groups is 1. The molecule has 0 aliphatic heterocycles. The van der Waals surface area contributed by atoms with E-state index >= 15 is 0 Å². The molecule has 0 aromatic heterocycles. The number of carbonyl (C=O) groups excluding carboxylic acids is 1. The maximum Gasteiger partial charge on any atom is 0.216 e. The number of nitrogens with one attached hydrogen (secondary N) is 1. The van der Waals surface area contributed by atoms with Gasteiger partial charge in [-0.25, -0.2) is 0 Å². The Balaban J connectivity index is 3.45. The van der Waals surface area contributed by atoms with Gasteiger partial charge >= 0.3 is 0 Å². The van der Waals surface area contributed by atoms with Gasteiger partial charge in [-0.3, -0.25) is 4.79 Å². The van der Waals surface area contributed by atoms with Crippen molar-refractivity contribution in [1.29, 1.82) is 0 Å². The van der Waals surface area contributed by atoms with Gasteiger partial charge in [0.05, 0.1) is 5.60 Å². The van der Waals surface area contributed by atoms with Gasteiger partial charge < -0.3 is 10.1 Å². The number of ether oxygens (including phenoxy) is 1. The topological polar surface area (TPSA) is 38.3 Å². The standard InChI is InChI=1S/C8H17NO2/c1-7(10)9-6-5-8(2,3)11-4/h5-6H2,1-4H3,(H,9,10). The van der Waals surface area contributed by atoms with Crippen LogP contribution in [-0.2, 0) is 9.53 Å². The third-order valence-corrected chi connectivity index (χ3v) is 1.65. The lowest BCUT2D eigenvalue weighted by Gasteiger charge is -2.22. The molecular weight excluding hydrogens is 142 g/mol. The first-order valence-corrected chi connectivity index (χ1v) is 3.77. The molecule has 0 aromatic carbocycles. The molecule has 0 rings (SSSR count). The van der Waals surface area contributed by atoms with E-state index in [1.54, 1.807) is 7.11 Å². The molecule has 3 heteroatoms. The molecule has 0 aliphatic carbocycles. The van der Waals surface area contributed by atoms with Crippen molar-refractivity contribution >= 4 is 5.91 Å². The van der Waals surface area contributed by atoms with Crippen molar-refractivity contribution < 1.29 is 9.53 Å². The highest BCUT2D eigenvalue weighted by Crippen LogP contribution is 2.10. The minimum absolute atomic E-state index is 0.0110. The van der Waals surface area contributed by atoms with Crippen LogP contribution < -0.4 is 5.32 Å². The first-order valence-electron chi connectivity index (χ1n) is 3.77. The molecule has 0 aliphatic rings. The fourth-order valence-electron chi connectivity index (χ4n) is 0.642. The summed E-state index contributed by atoms with van der Waals surface area (Å²) in [5.41, 5.74) is -0.136. The quantitative estimate of drug-likeness (QED) is 0.663. The highest BCUT2D eigenvalue weighted by Gasteiger charge is 2.15. The summed E-state index contributed by atoms with van der Waals surface area (Å²) >= 11 is 0. The third-order valence-electron chi connectivity index (χ3n) is 1.65. The molecule has 1 amide bonds. The van der Waals surface area contributed by atoms with E-state index in [1.165, 1.54) is 6.92 Å². The minimum Gasteiger partial charge on any atom is -0.379 e. The average Bonchev–Trinajstić information content (AvgIpc) is 1.87. The third kappa shape index (κ3) is 5.85. The summed E-state index contributed by atoms with van der Waals surface area (Å²) in [6.07, 6.45) is 0.836. The highest BCUT2D eigenvalue weighted by atomic mass is 16.5. The van der Waals surface area contributed by atoms with Crippen molar-refractivity contribution in [2.24, 2.45) is 0 Å². The van der Waals surface area contributed by atoms with E-state index in [-0.39, 0.29) is 11.5 Å². The van der Waals surface area contributed by atoms with E-state index in [0.717, 1.165) is 6.42 Å². The molecule has 66 valence electrons. The molecule has 0 fully saturated rings. The molecule has 0 radical (unpaired) electrons. The van der Waals surface area contributed by atoms with Crippen LogP contribution in [0, 0.1) is 0 Å². The maximum atomic E-state index is 10.5. The molecule has 11 heavy (non-hydrogen) atoms. The van der Waals surface area contributed by atoms with Crippen LogP contribution in [0.5, 0.6) is 0 Å². The monoisotopic (exact) mass is 159 g/mol. The van der Waals surface area contributed by atoms with E-state index in [4.69, 9.17) is 4.74 Å². The Hall–Kier alpha value is -0.570. The summed E-state index contributed by atoms with van der Waals surface area (Å²) in [5, 5.41) is 2.72. The van der Waals surface area contributed by atoms with Crippen molar-refractivity contribution in [2.75, 3.05) is 13.7 Å². The lowest BCUT2D eigenvalue weighted by atomic mass is 10.1. The Morgan fingerprint density at radius 3 is 2.45 bits per heavy atom. The van der Waals surface area contributed by atoms with Crippen LogP contribution in [0.4, 0.5) is 0 Å². The van der Waals surface area contributed by atoms with Gasteiger partial charge in [0.25, 0.3) is 0 Å². The van der Waals surface area contributed by atoms with Crippen molar-refractivity contribution in [1.82, 2.24) is 5.32 Å². The smallest absolute Gasteiger partial charge is 0.216 e. The molecular formula is C8H17NO2. The molecule has 0 saturated heterocycles. The van der Waals surface area contributed by atoms with E-state index < -0.39 is 0 Å². The van der Waals surface area contributed by atoms with Crippen molar-refractivity contribution in [3.8, 4) is 0 Å². The normalized spacial score (nSPS) is 11.3. The van der Waals surface area contributed by atoms with E-state index in [9.17, 15) is 4.79 Å². The molecule has 0 atom stereocenters. The van der Waals surface area contributed by atoms with E-state index in [1.807, 2.05) is 13.8 Å². The van der Waals surface area contributed by atoms with Crippen molar-refractivity contribution in [3.63, 3.8) is 0 Å². The highest BCUT2D eigenvalue weighted by molar-refractivity contribution is 5.72. The SMILES string of the molecule is COC(C)(C)CCNC(C)=O. The molecule has 0 saturated carbocycles. The fraction of sp³-hybridized carbons (Fsp3) is 0.875. The number of hydrogen-bond acceptors (Lipinski definition) is 2. The van der Waals surface area contributed by atoms with Gasteiger partial charge in [-0.2, -0.15) is 0 Å². The summed E-state index contributed by atoms with van der Waals surface area (Å²) in [7, 11) is 1.67. The summed E-state index contributed by atoms with van der Waals surface area (Å²) in [6, 6.07) is 0. The summed E-state index contributed by atoms with van der Waals surface area (Å²) in [6.45, 7) is 6.18. The van der Waals surface area contributed by atoms with Gasteiger partial charge in [0, 0.05) is 20.6 Å². The molecule has 0 unspecified atom stereocenters. The van der Waals surface area contributed by atoms with Crippen LogP contribution in [0.3, 0.4) is 0 Å². The van der Waals surface area contributed by atoms with Crippen LogP contribution in [0.2, 0.25) is 0 Å². The Morgan fingerprint density at radius 1 is 1.55 bits per heavy atom. The zero-order chi connectivity index (χ0) is 8.91. The molecule has 0 spiro atoms. The largest absolute Gasteiger partial charge is 0.379 e. The zero-order valence-corrected chi connectivity index (χ0v) is 7.73. The second-order valence-electron chi connectivity index (χ2n) is 3.20. The average molecular weight is 159 g/mol. The van der Waals surface area contributed by atoms with Crippen LogP contribution in [0.15, 0.2) is 0 Å². The molecule has 3 nitrogen and oxygen atoms in total. The first-order chi connectivity index (χ1) is 4.98. The summed E-state index contributed by atoms with van der Waals surface area (Å²) in [5.74, 6) is 0.0110. The second-order valence-corrected chi connectivity index (χ2v) is 3.20. The summed E-state index contributed by atoms with van der Waals surface area (Å²) in [4.78, 5) is 10.5. The second kappa shape index (κ2) is 4.34. The zero-order valence-electron chi connectivity index (χ0n) is 7.73. The Morgan fingerprint density at radius 2 is 2.09 bits per heavy atom. The van der Waals surface area contributed by atoms with Crippen LogP contribution in [0.25, 0.3) is 0 Å². The Kier molecular flexibility index (Phi) is 4.11. The van der Waals surface area contributed by atoms with Gasteiger partial charge in [0.1, 0.15) is 0 Å². The Bertz CT molecular complexity index is 132. The number of methoxy groups -OCH3 is 1. The van der Waals surface area contributed by atoms with Gasteiger partial charge in [-0.15, -0.1) is 0 Å². The van der Waals surface area contributed by atoms with Gasteiger partial charge in [0.2, 0.25) is 5.91 Å². The number of rotatable bonds is 4. The lowest BCUT2D eigenvalue weighted by molar-refractivity contribution is -0.119. The van der Waals surface area contributed by atoms with Crippen LogP contribution in [0.1, 0.15) is 27.2 Å². The number of hydrogen-bond donors (Lipinski definition) is 1. The minimum atomic E-state index is -0.136. The van der Waals surface area contributed by atoms with E-state index in [2.05, 4.69) is 5.32 Å². The fourth-order valence-corrected chi connectivity index (χ4v) is 0.642. The van der Waals surface area contributed by atoms with Gasteiger partial charge in [0.15, 0.2) is 0 Å². The van der Waals surface area contributed by atoms with Gasteiger partial charge in [-0.05, 0) is 20.3 Å². The molecule has 0 bridgehead atoms. The van der Waals surface area contributed by atoms with E-state index in [0.29, 0.717) is 6.54 Å². The molecule has 0 heterocycles. The van der Waals surface area contributed by atoms with Crippen LogP contribution >= 0.6 is 0 Å². The molecule has 0 aromatic rings. The van der Waals surface area contributed by atoms with Gasteiger partial charge in [-0.1, -0.05) is 0 Å².